The van der Waals surface area contributed by atoms with Gasteiger partial charge >= 0.3 is 0 Å². The first-order chi connectivity index (χ1) is 11.7. The van der Waals surface area contributed by atoms with Crippen molar-refractivity contribution in [2.24, 2.45) is 5.92 Å². The summed E-state index contributed by atoms with van der Waals surface area (Å²) in [5.41, 5.74) is 0.627. The number of rotatable bonds is 5. The van der Waals surface area contributed by atoms with E-state index in [9.17, 15) is 9.18 Å². The molecule has 1 fully saturated rings. The molecule has 2 aromatic rings. The molecule has 1 amide bonds. The van der Waals surface area contributed by atoms with Crippen LogP contribution in [-0.2, 0) is 11.2 Å². The topological polar surface area (TPSA) is 58.1 Å². The van der Waals surface area contributed by atoms with Crippen LogP contribution in [0.2, 0.25) is 0 Å². The zero-order chi connectivity index (χ0) is 16.8. The Hall–Kier alpha value is -2.50. The van der Waals surface area contributed by atoms with Crippen LogP contribution in [0.1, 0.15) is 18.4 Å². The summed E-state index contributed by atoms with van der Waals surface area (Å²) in [5, 5.41) is 2.93. The molecule has 0 radical (unpaired) electrons. The van der Waals surface area contributed by atoms with E-state index in [1.807, 2.05) is 0 Å². The van der Waals surface area contributed by atoms with Crippen LogP contribution in [0.15, 0.2) is 42.9 Å². The molecule has 0 aliphatic carbocycles. The largest absolute Gasteiger partial charge is 0.355 e. The van der Waals surface area contributed by atoms with Gasteiger partial charge in [-0.3, -0.25) is 9.78 Å². The van der Waals surface area contributed by atoms with Crippen molar-refractivity contribution < 1.29 is 9.18 Å². The highest BCUT2D eigenvalue weighted by Crippen LogP contribution is 2.21. The predicted octanol–water partition coefficient (Wildman–Crippen LogP) is 2.19. The number of carbonyl (C=O) groups is 1. The first kappa shape index (κ1) is 16.4. The summed E-state index contributed by atoms with van der Waals surface area (Å²) in [6.45, 7) is 1.98. The van der Waals surface area contributed by atoms with Gasteiger partial charge in [-0.2, -0.15) is 0 Å². The fraction of sp³-hybridized carbons (Fsp3) is 0.389. The highest BCUT2D eigenvalue weighted by atomic mass is 19.1. The SMILES string of the molecule is O=C(NCCc1ccccc1F)[C@H]1CCCN(c2cnccn2)C1. The number of halogens is 1. The summed E-state index contributed by atoms with van der Waals surface area (Å²) < 4.78 is 13.6. The Balaban J connectivity index is 1.50. The van der Waals surface area contributed by atoms with Crippen molar-refractivity contribution in [3.63, 3.8) is 0 Å². The predicted molar refractivity (Wildman–Crippen MR) is 90.1 cm³/mol. The van der Waals surface area contributed by atoms with Gasteiger partial charge in [0.1, 0.15) is 11.6 Å². The van der Waals surface area contributed by atoms with E-state index in [-0.39, 0.29) is 17.6 Å². The molecule has 126 valence electrons. The molecule has 5 nitrogen and oxygen atoms in total. The first-order valence-corrected chi connectivity index (χ1v) is 8.26. The third-order valence-corrected chi connectivity index (χ3v) is 4.32. The quantitative estimate of drug-likeness (QED) is 0.914. The van der Waals surface area contributed by atoms with E-state index in [1.165, 1.54) is 6.07 Å². The molecule has 1 atom stereocenters. The van der Waals surface area contributed by atoms with Gasteiger partial charge in [-0.1, -0.05) is 18.2 Å². The summed E-state index contributed by atoms with van der Waals surface area (Å²) in [5.74, 6) is 0.543. The van der Waals surface area contributed by atoms with Gasteiger partial charge in [-0.25, -0.2) is 9.37 Å². The van der Waals surface area contributed by atoms with Gasteiger partial charge < -0.3 is 10.2 Å². The lowest BCUT2D eigenvalue weighted by molar-refractivity contribution is -0.125. The van der Waals surface area contributed by atoms with Crippen molar-refractivity contribution in [1.29, 1.82) is 0 Å². The highest BCUT2D eigenvalue weighted by Gasteiger charge is 2.26. The Morgan fingerprint density at radius 1 is 1.33 bits per heavy atom. The minimum atomic E-state index is -0.224. The number of amides is 1. The van der Waals surface area contributed by atoms with E-state index in [0.717, 1.165) is 25.2 Å². The van der Waals surface area contributed by atoms with Gasteiger partial charge in [0.15, 0.2) is 0 Å². The monoisotopic (exact) mass is 328 g/mol. The van der Waals surface area contributed by atoms with E-state index in [1.54, 1.807) is 36.8 Å². The highest BCUT2D eigenvalue weighted by molar-refractivity contribution is 5.79. The van der Waals surface area contributed by atoms with E-state index >= 15 is 0 Å². The van der Waals surface area contributed by atoms with Crippen LogP contribution in [0.25, 0.3) is 0 Å². The number of hydrogen-bond acceptors (Lipinski definition) is 4. The second kappa shape index (κ2) is 7.86. The summed E-state index contributed by atoms with van der Waals surface area (Å²) in [6.07, 6.45) is 7.33. The number of piperidine rings is 1. The molecule has 1 aliphatic heterocycles. The number of nitrogens with one attached hydrogen (secondary N) is 1. The lowest BCUT2D eigenvalue weighted by atomic mass is 9.97. The van der Waals surface area contributed by atoms with Crippen LogP contribution in [-0.4, -0.2) is 35.5 Å². The van der Waals surface area contributed by atoms with Crippen LogP contribution in [0.3, 0.4) is 0 Å². The molecular formula is C18H21FN4O. The number of nitrogens with zero attached hydrogens (tertiary/aromatic N) is 3. The number of anilines is 1. The summed E-state index contributed by atoms with van der Waals surface area (Å²) in [6, 6.07) is 6.66. The second-order valence-corrected chi connectivity index (χ2v) is 5.98. The molecule has 24 heavy (non-hydrogen) atoms. The number of carbonyl (C=O) groups excluding carboxylic acids is 1. The average Bonchev–Trinajstić information content (AvgIpc) is 2.64. The van der Waals surface area contributed by atoms with Crippen LogP contribution in [0.4, 0.5) is 10.2 Å². The van der Waals surface area contributed by atoms with Gasteiger partial charge in [0.05, 0.1) is 12.1 Å². The molecule has 1 aliphatic rings. The van der Waals surface area contributed by atoms with Crippen molar-refractivity contribution in [2.75, 3.05) is 24.5 Å². The third kappa shape index (κ3) is 4.07. The minimum Gasteiger partial charge on any atom is -0.355 e. The maximum atomic E-state index is 13.6. The first-order valence-electron chi connectivity index (χ1n) is 8.26. The lowest BCUT2D eigenvalue weighted by Gasteiger charge is -2.32. The molecule has 0 saturated carbocycles. The average molecular weight is 328 g/mol. The molecule has 0 unspecified atom stereocenters. The second-order valence-electron chi connectivity index (χ2n) is 5.98. The van der Waals surface area contributed by atoms with E-state index in [4.69, 9.17) is 0 Å². The van der Waals surface area contributed by atoms with Crippen molar-refractivity contribution in [3.05, 3.63) is 54.2 Å². The molecule has 3 rings (SSSR count). The maximum Gasteiger partial charge on any atom is 0.224 e. The Kier molecular flexibility index (Phi) is 5.36. The van der Waals surface area contributed by atoms with E-state index in [2.05, 4.69) is 20.2 Å². The molecule has 0 spiro atoms. The smallest absolute Gasteiger partial charge is 0.224 e. The Morgan fingerprint density at radius 2 is 2.21 bits per heavy atom. The zero-order valence-electron chi connectivity index (χ0n) is 13.5. The van der Waals surface area contributed by atoms with Crippen LogP contribution in [0, 0.1) is 11.7 Å². The van der Waals surface area contributed by atoms with Gasteiger partial charge in [0.2, 0.25) is 5.91 Å². The molecule has 2 heterocycles. The summed E-state index contributed by atoms with van der Waals surface area (Å²) in [4.78, 5) is 22.9. The number of aromatic nitrogens is 2. The molecule has 6 heteroatoms. The van der Waals surface area contributed by atoms with Crippen molar-refractivity contribution in [1.82, 2.24) is 15.3 Å². The number of benzene rings is 1. The maximum absolute atomic E-state index is 13.6. The van der Waals surface area contributed by atoms with E-state index in [0.29, 0.717) is 25.1 Å². The fourth-order valence-corrected chi connectivity index (χ4v) is 3.02. The number of hydrogen-bond donors (Lipinski definition) is 1. The summed E-state index contributed by atoms with van der Waals surface area (Å²) >= 11 is 0. The fourth-order valence-electron chi connectivity index (χ4n) is 3.02. The minimum absolute atomic E-state index is 0.0277. The van der Waals surface area contributed by atoms with Gasteiger partial charge in [-0.05, 0) is 30.9 Å². The Morgan fingerprint density at radius 3 is 3.00 bits per heavy atom. The van der Waals surface area contributed by atoms with Crippen molar-refractivity contribution in [3.8, 4) is 0 Å². The van der Waals surface area contributed by atoms with Crippen molar-refractivity contribution >= 4 is 11.7 Å². The molecule has 1 N–H and O–H groups in total. The Bertz CT molecular complexity index is 680. The van der Waals surface area contributed by atoms with Crippen LogP contribution in [0.5, 0.6) is 0 Å². The third-order valence-electron chi connectivity index (χ3n) is 4.32. The summed E-state index contributed by atoms with van der Waals surface area (Å²) in [7, 11) is 0. The molecule has 0 bridgehead atoms. The molecule has 1 aromatic heterocycles. The van der Waals surface area contributed by atoms with Gasteiger partial charge in [0, 0.05) is 32.0 Å². The molecule has 1 aromatic carbocycles. The zero-order valence-corrected chi connectivity index (χ0v) is 13.5. The van der Waals surface area contributed by atoms with Crippen LogP contribution < -0.4 is 10.2 Å². The molecular weight excluding hydrogens is 307 g/mol. The van der Waals surface area contributed by atoms with Gasteiger partial charge in [-0.15, -0.1) is 0 Å². The molecule has 1 saturated heterocycles. The Labute approximate surface area is 140 Å². The normalized spacial score (nSPS) is 17.5. The van der Waals surface area contributed by atoms with E-state index < -0.39 is 0 Å². The van der Waals surface area contributed by atoms with Crippen LogP contribution >= 0.6 is 0 Å². The lowest BCUT2D eigenvalue weighted by Crippen LogP contribution is -2.43. The van der Waals surface area contributed by atoms with Crippen molar-refractivity contribution in [2.45, 2.75) is 19.3 Å². The standard InChI is InChI=1S/C18H21FN4O/c19-16-6-2-1-4-14(16)7-8-22-18(24)15-5-3-11-23(13-15)17-12-20-9-10-21-17/h1-2,4,6,9-10,12,15H,3,5,7-8,11,13H2,(H,22,24)/t15-/m0/s1. The van der Waals surface area contributed by atoms with Gasteiger partial charge in [0.25, 0.3) is 0 Å².